The van der Waals surface area contributed by atoms with Crippen LogP contribution >= 0.6 is 21.6 Å². The number of hydrogen-bond acceptors (Lipinski definition) is 14. The largest absolute Gasteiger partial charge is 0.464 e. The van der Waals surface area contributed by atoms with E-state index < -0.39 is 22.7 Å². The third-order valence-corrected chi connectivity index (χ3v) is 36.5. The average molecular weight is 1660 g/mol. The lowest BCUT2D eigenvalue weighted by molar-refractivity contribution is -0.150. The van der Waals surface area contributed by atoms with Crippen molar-refractivity contribution in [2.24, 2.45) is 0 Å². The maximum Gasteiger partial charge on any atom is 0.306 e. The smallest absolute Gasteiger partial charge is 0.306 e. The zero-order chi connectivity index (χ0) is 83.2. The summed E-state index contributed by atoms with van der Waals surface area (Å²) < 4.78 is 27.0. The normalized spacial score (nSPS) is 15.0. The fourth-order valence-corrected chi connectivity index (χ4v) is 20.3. The number of carbonyl (C=O) groups excluding carboxylic acids is 2. The molecule has 16 heteroatoms. The van der Waals surface area contributed by atoms with Crippen molar-refractivity contribution in [2.45, 2.75) is 490 Å². The van der Waals surface area contributed by atoms with Crippen LogP contribution in [0.2, 0.25) is 36.3 Å². The quantitative estimate of drug-likeness (QED) is 0.0197. The number of aliphatic hydroxyl groups is 2. The summed E-state index contributed by atoms with van der Waals surface area (Å²) in [6, 6.07) is 0. The van der Waals surface area contributed by atoms with E-state index in [0.717, 1.165) is 187 Å². The minimum atomic E-state index is -2.05. The van der Waals surface area contributed by atoms with Crippen molar-refractivity contribution >= 4 is 50.2 Å². The Morgan fingerprint density at radius 1 is 0.381 bits per heavy atom. The molecule has 113 heavy (non-hydrogen) atoms. The van der Waals surface area contributed by atoms with Crippen molar-refractivity contribution in [1.82, 2.24) is 19.6 Å². The third kappa shape index (κ3) is 65.6. The van der Waals surface area contributed by atoms with Gasteiger partial charge in [0.15, 0.2) is 16.6 Å². The number of nitrogens with zero attached hydrogens (tertiary/aromatic N) is 4. The second-order valence-electron chi connectivity index (χ2n) is 37.9. The van der Waals surface area contributed by atoms with Gasteiger partial charge in [-0.05, 0) is 178 Å². The van der Waals surface area contributed by atoms with E-state index in [0.29, 0.717) is 32.5 Å². The molecule has 1 heterocycles. The van der Waals surface area contributed by atoms with Crippen molar-refractivity contribution in [3.8, 4) is 0 Å². The van der Waals surface area contributed by atoms with Gasteiger partial charge in [-0.25, -0.2) is 0 Å². The molecule has 1 rings (SSSR count). The van der Waals surface area contributed by atoms with Gasteiger partial charge in [-0.15, -0.1) is 0 Å². The molecule has 12 nitrogen and oxygen atoms in total. The van der Waals surface area contributed by atoms with E-state index >= 15 is 0 Å². The van der Waals surface area contributed by atoms with E-state index in [4.69, 9.17) is 18.3 Å². The molecule has 0 bridgehead atoms. The lowest BCUT2D eigenvalue weighted by Gasteiger charge is -2.42. The highest BCUT2D eigenvalue weighted by molar-refractivity contribution is 8.76. The van der Waals surface area contributed by atoms with Crippen LogP contribution in [0.3, 0.4) is 0 Å². The first-order chi connectivity index (χ1) is 54.4. The van der Waals surface area contributed by atoms with Crippen LogP contribution in [0.1, 0.15) is 423 Å². The molecular weight excluding hydrogens is 1470 g/mol. The van der Waals surface area contributed by atoms with Crippen LogP contribution in [-0.2, 0) is 27.9 Å². The monoisotopic (exact) mass is 1660 g/mol. The maximum absolute atomic E-state index is 13.6. The number of rotatable bonds is 82. The molecule has 0 aromatic heterocycles. The zero-order valence-corrected chi connectivity index (χ0v) is 81.6. The summed E-state index contributed by atoms with van der Waals surface area (Å²) in [7, 11) is -0.0728. The Hall–Kier alpha value is -0.766. The fourth-order valence-electron chi connectivity index (χ4n) is 15.2. The summed E-state index contributed by atoms with van der Waals surface area (Å²) in [6.07, 6.45) is 71.5. The first-order valence-electron chi connectivity index (χ1n) is 48.9. The van der Waals surface area contributed by atoms with Crippen molar-refractivity contribution in [3.05, 3.63) is 24.3 Å². The number of hydrogen-bond donors (Lipinski definition) is 2. The van der Waals surface area contributed by atoms with Gasteiger partial charge < -0.3 is 33.4 Å². The average Bonchev–Trinajstić information content (AvgIpc) is 0.829. The molecule has 1 fully saturated rings. The van der Waals surface area contributed by atoms with Crippen LogP contribution in [0.5, 0.6) is 0 Å². The second-order valence-corrected chi connectivity index (χ2v) is 50.1. The first kappa shape index (κ1) is 110. The third-order valence-electron chi connectivity index (χ3n) is 24.8. The van der Waals surface area contributed by atoms with Gasteiger partial charge in [-0.1, -0.05) is 334 Å². The number of unbranched alkanes of at least 4 members (excludes halogenated alkanes) is 35. The summed E-state index contributed by atoms with van der Waals surface area (Å²) >= 11 is 0. The van der Waals surface area contributed by atoms with Crippen LogP contribution in [0.15, 0.2) is 24.3 Å². The molecule has 0 radical (unpaired) electrons. The van der Waals surface area contributed by atoms with Crippen molar-refractivity contribution in [1.29, 1.82) is 0 Å². The molecule has 1 aliphatic heterocycles. The Balaban J connectivity index is 2.75. The van der Waals surface area contributed by atoms with Gasteiger partial charge in [0.05, 0.1) is 24.4 Å². The van der Waals surface area contributed by atoms with E-state index in [-0.39, 0.29) is 46.4 Å². The van der Waals surface area contributed by atoms with Gasteiger partial charge in [0.2, 0.25) is 0 Å². The lowest BCUT2D eigenvalue weighted by atomic mass is 10.0. The van der Waals surface area contributed by atoms with Crippen LogP contribution < -0.4 is 0 Å². The molecule has 1 aliphatic rings. The van der Waals surface area contributed by atoms with E-state index in [2.05, 4.69) is 146 Å². The highest BCUT2D eigenvalue weighted by Crippen LogP contribution is 2.40. The Morgan fingerprint density at radius 3 is 1.15 bits per heavy atom. The predicted octanol–water partition coefficient (Wildman–Crippen LogP) is 27.8. The van der Waals surface area contributed by atoms with Gasteiger partial charge >= 0.3 is 11.9 Å². The van der Waals surface area contributed by atoms with Crippen molar-refractivity contribution in [3.63, 3.8) is 0 Å². The van der Waals surface area contributed by atoms with Crippen LogP contribution in [-0.4, -0.2) is 186 Å². The molecule has 1 saturated heterocycles. The highest BCUT2D eigenvalue weighted by atomic mass is 33.1. The minimum Gasteiger partial charge on any atom is -0.464 e. The number of esters is 2. The van der Waals surface area contributed by atoms with E-state index in [9.17, 15) is 19.8 Å². The van der Waals surface area contributed by atoms with Crippen molar-refractivity contribution < 1.29 is 38.1 Å². The zero-order valence-electron chi connectivity index (χ0n) is 77.9. The summed E-state index contributed by atoms with van der Waals surface area (Å²) in [6.45, 7) is 46.7. The summed E-state index contributed by atoms with van der Waals surface area (Å²) in [5.74, 6) is 2.18. The molecule has 4 unspecified atom stereocenters. The van der Waals surface area contributed by atoms with Gasteiger partial charge in [0, 0.05) is 83.3 Å². The Morgan fingerprint density at radius 2 is 0.717 bits per heavy atom. The summed E-state index contributed by atoms with van der Waals surface area (Å²) in [5, 5.41) is 23.0. The van der Waals surface area contributed by atoms with Crippen LogP contribution in [0, 0.1) is 0 Å². The molecule has 0 amide bonds. The second kappa shape index (κ2) is 73.9. The minimum absolute atomic E-state index is 0.0378. The van der Waals surface area contributed by atoms with Gasteiger partial charge in [0.1, 0.15) is 12.7 Å². The van der Waals surface area contributed by atoms with Crippen molar-refractivity contribution in [2.75, 3.05) is 96.6 Å². The van der Waals surface area contributed by atoms with Crippen LogP contribution in [0.4, 0.5) is 0 Å². The number of aliphatic hydroxyl groups excluding tert-OH is 2. The molecule has 0 spiro atoms. The van der Waals surface area contributed by atoms with E-state index in [1.807, 2.05) is 21.6 Å². The number of carbonyl (C=O) groups is 2. The summed E-state index contributed by atoms with van der Waals surface area (Å²) in [5.41, 5.74) is 0. The Bertz CT molecular complexity index is 2110. The molecule has 2 N–H and O–H groups in total. The first-order valence-corrected chi connectivity index (χ1v) is 57.2. The van der Waals surface area contributed by atoms with E-state index in [1.165, 1.54) is 224 Å². The maximum atomic E-state index is 13.6. The van der Waals surface area contributed by atoms with E-state index in [1.54, 1.807) is 0 Å². The molecule has 0 aromatic carbocycles. The van der Waals surface area contributed by atoms with Gasteiger partial charge in [-0.3, -0.25) is 24.3 Å². The molecule has 670 valence electrons. The molecule has 0 aromatic rings. The number of piperazine rings is 1. The Labute approximate surface area is 713 Å². The fraction of sp³-hybridized carbons (Fsp3) is 0.938. The number of ether oxygens (including phenoxy) is 2. The van der Waals surface area contributed by atoms with Gasteiger partial charge in [-0.2, -0.15) is 0 Å². The SMILES string of the molecule is CCCCC/C=C\C/C=C\CCCCCCC(O)CN(CCCCSSCCCCN1CCN(CCOC(=O)CCCN(CC(CCCCCCCCCC)O[Si](C)(C)C(C)(C)C)CC(CCCCCCCCCC)O[Si](C)(C)C(C)(C)C)CC1)CC(O)CCCCCC(=O)OC(CCCCCCCC)CCCCCCCC. The highest BCUT2D eigenvalue weighted by Gasteiger charge is 2.41. The lowest BCUT2D eigenvalue weighted by Crippen LogP contribution is -2.50. The number of allylic oxidation sites excluding steroid dienone is 4. The molecule has 0 saturated carbocycles. The standard InChI is InChI=1S/C97H194N4O8S2Si2/c1-16-21-26-31-36-39-40-41-42-43-44-45-48-54-66-89(102)85-100(86-90(103)67-55-53-60-72-95(105)107-91(68-56-49-34-29-24-19-4)69-57-50-35-30-25-20-5)75-62-64-84-111-110-83-63-61-74-98-77-79-99(80-78-98)81-82-106-94(104)73-65-76-101(87-92(108-112(12,13)96(6,7)8)70-58-51-46-37-32-27-22-17-2)88-93(109-113(14,15)97(9,10)11)71-59-52-47-38-33-28-23-18-3/h36,39,41-42,89-93,102-103H,16-35,37-38,40,43-88H2,1-15H3/b39-36-,42-41-. The molecule has 0 aliphatic carbocycles. The molecular formula is C97H194N4O8S2Si2. The van der Waals surface area contributed by atoms with Crippen LogP contribution in [0.25, 0.3) is 0 Å². The topological polar surface area (TPSA) is 124 Å². The molecule has 4 atom stereocenters. The predicted molar refractivity (Wildman–Crippen MR) is 504 cm³/mol. The summed E-state index contributed by atoms with van der Waals surface area (Å²) in [4.78, 5) is 36.8. The Kier molecular flexibility index (Phi) is 72.1. The van der Waals surface area contributed by atoms with Gasteiger partial charge in [0.25, 0.3) is 0 Å².